The monoisotopic (exact) mass is 499 g/mol. The van der Waals surface area contributed by atoms with Crippen molar-refractivity contribution in [1.29, 1.82) is 0 Å². The number of rotatable bonds is 4. The Balaban J connectivity index is 1.19. The number of amidine groups is 1. The average molecular weight is 500 g/mol. The molecule has 1 amide bonds. The van der Waals surface area contributed by atoms with Crippen LogP contribution in [0.25, 0.3) is 11.0 Å². The van der Waals surface area contributed by atoms with Crippen LogP contribution < -0.4 is 5.32 Å². The maximum Gasteiger partial charge on any atom is 0.285 e. The molecule has 4 aromatic rings. The number of carbonyl (C=O) groups excluding carboxylic acids is 1. The number of piperidine rings is 1. The molecule has 3 heterocycles. The van der Waals surface area contributed by atoms with Crippen LogP contribution in [0.5, 0.6) is 0 Å². The third kappa shape index (κ3) is 4.07. The van der Waals surface area contributed by atoms with Crippen LogP contribution in [0.15, 0.2) is 98.6 Å². The number of amides is 1. The Morgan fingerprint density at radius 2 is 1.64 bits per heavy atom. The number of hydrogen-bond donors (Lipinski definition) is 1. The van der Waals surface area contributed by atoms with Crippen LogP contribution in [0.3, 0.4) is 0 Å². The summed E-state index contributed by atoms with van der Waals surface area (Å²) in [5.74, 6) is 0.945. The second-order valence-corrected chi connectivity index (χ2v) is 10.8. The highest BCUT2D eigenvalue weighted by Crippen LogP contribution is 2.31. The molecule has 1 unspecified atom stereocenters. The highest BCUT2D eigenvalue weighted by molar-refractivity contribution is 7.90. The van der Waals surface area contributed by atoms with Gasteiger partial charge in [0.2, 0.25) is 5.91 Å². The summed E-state index contributed by atoms with van der Waals surface area (Å²) in [6.45, 7) is 1.11. The van der Waals surface area contributed by atoms with Crippen molar-refractivity contribution < 1.29 is 17.6 Å². The molecule has 0 aliphatic carbocycles. The standard InChI is InChI=1S/C28H25N3O4S/c32-28(20-14-16-31(17-15-20)27-22-11-5-7-13-25(22)36(33,34)30-27)29-26(19-8-2-1-3-9-19)24-18-21-10-4-6-12-23(21)35-24/h1-13,18,20,26H,14-17H2,(H,29,32). The van der Waals surface area contributed by atoms with Crippen LogP contribution in [0.4, 0.5) is 0 Å². The van der Waals surface area contributed by atoms with Crippen LogP contribution in [0.1, 0.15) is 35.8 Å². The lowest BCUT2D eigenvalue weighted by Gasteiger charge is -2.33. The first-order chi connectivity index (χ1) is 17.5. The molecule has 8 heteroatoms. The zero-order chi connectivity index (χ0) is 24.7. The van der Waals surface area contributed by atoms with Crippen molar-refractivity contribution in [3.8, 4) is 0 Å². The fraction of sp³-hybridized carbons (Fsp3) is 0.214. The van der Waals surface area contributed by atoms with Gasteiger partial charge in [0, 0.05) is 30.0 Å². The number of nitrogens with one attached hydrogen (secondary N) is 1. The number of sulfonamides is 1. The Labute approximate surface area is 209 Å². The van der Waals surface area contributed by atoms with Gasteiger partial charge in [0.15, 0.2) is 5.84 Å². The second kappa shape index (κ2) is 8.95. The molecule has 0 bridgehead atoms. The average Bonchev–Trinajstić information content (AvgIpc) is 3.46. The van der Waals surface area contributed by atoms with Crippen molar-refractivity contribution in [1.82, 2.24) is 10.2 Å². The molecule has 3 aromatic carbocycles. The molecule has 1 N–H and O–H groups in total. The first-order valence-corrected chi connectivity index (χ1v) is 13.5. The summed E-state index contributed by atoms with van der Waals surface area (Å²) < 4.78 is 35.0. The summed E-state index contributed by atoms with van der Waals surface area (Å²) in [4.78, 5) is 15.6. The number of furan rings is 1. The molecule has 7 nitrogen and oxygen atoms in total. The summed E-state index contributed by atoms with van der Waals surface area (Å²) in [5, 5.41) is 4.21. The Kier molecular flexibility index (Phi) is 5.60. The van der Waals surface area contributed by atoms with Gasteiger partial charge in [-0.3, -0.25) is 4.79 Å². The van der Waals surface area contributed by atoms with Gasteiger partial charge in [-0.2, -0.15) is 8.42 Å². The largest absolute Gasteiger partial charge is 0.459 e. The predicted molar refractivity (Wildman–Crippen MR) is 137 cm³/mol. The van der Waals surface area contributed by atoms with Gasteiger partial charge in [0.05, 0.1) is 0 Å². The van der Waals surface area contributed by atoms with Crippen molar-refractivity contribution in [2.24, 2.45) is 10.3 Å². The maximum absolute atomic E-state index is 13.4. The Bertz CT molecular complexity index is 1540. The molecule has 0 spiro atoms. The minimum atomic E-state index is -3.67. The Morgan fingerprint density at radius 1 is 0.944 bits per heavy atom. The summed E-state index contributed by atoms with van der Waals surface area (Å²) in [6, 6.07) is 26.1. The van der Waals surface area contributed by atoms with E-state index in [2.05, 4.69) is 9.71 Å². The molecule has 1 aromatic heterocycles. The SMILES string of the molecule is O=C(NC(c1ccccc1)c1cc2ccccc2o1)C1CCN(C2=NS(=O)(=O)c3ccccc32)CC1. The van der Waals surface area contributed by atoms with Gasteiger partial charge in [-0.15, -0.1) is 4.40 Å². The normalized spacial score (nSPS) is 18.0. The molecule has 0 saturated carbocycles. The lowest BCUT2D eigenvalue weighted by Crippen LogP contribution is -2.43. The van der Waals surface area contributed by atoms with E-state index in [0.29, 0.717) is 43.1 Å². The van der Waals surface area contributed by atoms with E-state index in [1.54, 1.807) is 18.2 Å². The Hall–Kier alpha value is -3.91. The van der Waals surface area contributed by atoms with Crippen LogP contribution in [-0.4, -0.2) is 38.2 Å². The number of carbonyl (C=O) groups is 1. The molecule has 36 heavy (non-hydrogen) atoms. The molecule has 0 radical (unpaired) electrons. The molecule has 1 fully saturated rings. The van der Waals surface area contributed by atoms with E-state index in [0.717, 1.165) is 16.5 Å². The fourth-order valence-electron chi connectivity index (χ4n) is 5.04. The Morgan fingerprint density at radius 3 is 2.42 bits per heavy atom. The summed E-state index contributed by atoms with van der Waals surface area (Å²) in [5.41, 5.74) is 2.36. The van der Waals surface area contributed by atoms with E-state index in [9.17, 15) is 13.2 Å². The molecular formula is C28H25N3O4S. The summed E-state index contributed by atoms with van der Waals surface area (Å²) in [7, 11) is -3.67. The molecule has 6 rings (SSSR count). The highest BCUT2D eigenvalue weighted by atomic mass is 32.2. The van der Waals surface area contributed by atoms with E-state index >= 15 is 0 Å². The molecule has 1 atom stereocenters. The van der Waals surface area contributed by atoms with Gasteiger partial charge >= 0.3 is 0 Å². The highest BCUT2D eigenvalue weighted by Gasteiger charge is 2.35. The lowest BCUT2D eigenvalue weighted by atomic mass is 9.94. The lowest BCUT2D eigenvalue weighted by molar-refractivity contribution is -0.126. The number of fused-ring (bicyclic) bond motifs is 2. The van der Waals surface area contributed by atoms with E-state index in [4.69, 9.17) is 4.42 Å². The van der Waals surface area contributed by atoms with Crippen molar-refractivity contribution in [3.63, 3.8) is 0 Å². The van der Waals surface area contributed by atoms with Gasteiger partial charge in [0.1, 0.15) is 22.3 Å². The summed E-state index contributed by atoms with van der Waals surface area (Å²) >= 11 is 0. The third-order valence-electron chi connectivity index (χ3n) is 6.93. The quantitative estimate of drug-likeness (QED) is 0.446. The van der Waals surface area contributed by atoms with E-state index in [1.165, 1.54) is 0 Å². The van der Waals surface area contributed by atoms with Gasteiger partial charge in [-0.25, -0.2) is 0 Å². The zero-order valence-corrected chi connectivity index (χ0v) is 20.3. The number of nitrogens with zero attached hydrogens (tertiary/aromatic N) is 2. The van der Waals surface area contributed by atoms with Crippen LogP contribution in [0, 0.1) is 5.92 Å². The van der Waals surface area contributed by atoms with Crippen molar-refractivity contribution in [2.75, 3.05) is 13.1 Å². The summed E-state index contributed by atoms with van der Waals surface area (Å²) in [6.07, 6.45) is 1.21. The molecule has 2 aliphatic heterocycles. The number of likely N-dealkylation sites (tertiary alicyclic amines) is 1. The van der Waals surface area contributed by atoms with Gasteiger partial charge in [-0.05, 0) is 42.7 Å². The van der Waals surface area contributed by atoms with Crippen LogP contribution >= 0.6 is 0 Å². The minimum absolute atomic E-state index is 0.0367. The fourth-order valence-corrected chi connectivity index (χ4v) is 6.27. The molecule has 2 aliphatic rings. The first kappa shape index (κ1) is 22.5. The number of hydrogen-bond acceptors (Lipinski definition) is 5. The van der Waals surface area contributed by atoms with Crippen molar-refractivity contribution >= 4 is 32.7 Å². The predicted octanol–water partition coefficient (Wildman–Crippen LogP) is 4.50. The topological polar surface area (TPSA) is 92.0 Å². The van der Waals surface area contributed by atoms with Gasteiger partial charge in [-0.1, -0.05) is 60.7 Å². The number of benzene rings is 3. The van der Waals surface area contributed by atoms with Crippen LogP contribution in [-0.2, 0) is 14.8 Å². The van der Waals surface area contributed by atoms with Crippen molar-refractivity contribution in [2.45, 2.75) is 23.8 Å². The van der Waals surface area contributed by atoms with Crippen molar-refractivity contribution in [3.05, 3.63) is 102 Å². The van der Waals surface area contributed by atoms with Crippen LogP contribution in [0.2, 0.25) is 0 Å². The minimum Gasteiger partial charge on any atom is -0.459 e. The second-order valence-electron chi connectivity index (χ2n) is 9.19. The maximum atomic E-state index is 13.4. The van der Waals surface area contributed by atoms with Gasteiger partial charge < -0.3 is 14.6 Å². The zero-order valence-electron chi connectivity index (χ0n) is 19.5. The van der Waals surface area contributed by atoms with Gasteiger partial charge in [0.25, 0.3) is 10.0 Å². The third-order valence-corrected chi connectivity index (χ3v) is 8.25. The molecular weight excluding hydrogens is 474 g/mol. The number of para-hydroxylation sites is 1. The first-order valence-electron chi connectivity index (χ1n) is 12.0. The van der Waals surface area contributed by atoms with E-state index < -0.39 is 16.1 Å². The smallest absolute Gasteiger partial charge is 0.285 e. The van der Waals surface area contributed by atoms with E-state index in [1.807, 2.05) is 71.6 Å². The molecule has 182 valence electrons. The molecule has 1 saturated heterocycles. The van der Waals surface area contributed by atoms with E-state index in [-0.39, 0.29) is 16.7 Å².